The molecule has 2 aromatic rings. The molecule has 1 heterocycles. The molecule has 0 radical (unpaired) electrons. The zero-order chi connectivity index (χ0) is 16.8. The molecule has 1 aromatic carbocycles. The van der Waals surface area contributed by atoms with Crippen LogP contribution in [0.3, 0.4) is 0 Å². The lowest BCUT2D eigenvalue weighted by Crippen LogP contribution is -2.51. The van der Waals surface area contributed by atoms with Gasteiger partial charge in [-0.2, -0.15) is 0 Å². The summed E-state index contributed by atoms with van der Waals surface area (Å²) in [5.41, 5.74) is 4.63. The molecule has 0 spiro atoms. The van der Waals surface area contributed by atoms with E-state index in [1.807, 2.05) is 0 Å². The lowest BCUT2D eigenvalue weighted by molar-refractivity contribution is -0.123. The van der Waals surface area contributed by atoms with Crippen molar-refractivity contribution >= 4 is 29.3 Å². The fourth-order valence-corrected chi connectivity index (χ4v) is 1.90. The van der Waals surface area contributed by atoms with E-state index in [0.717, 1.165) is 0 Å². The van der Waals surface area contributed by atoms with Crippen LogP contribution in [0.2, 0.25) is 5.02 Å². The zero-order valence-electron chi connectivity index (χ0n) is 12.1. The average molecular weight is 336 g/mol. The molecule has 2 rings (SSSR count). The van der Waals surface area contributed by atoms with Crippen LogP contribution in [0, 0.1) is 0 Å². The molecule has 8 heteroatoms. The number of carbonyl (C=O) groups is 3. The van der Waals surface area contributed by atoms with Crippen LogP contribution in [0.1, 0.15) is 27.8 Å². The number of nitrogens with one attached hydrogen (secondary N) is 3. The number of furan rings is 1. The molecule has 23 heavy (non-hydrogen) atoms. The Morgan fingerprint density at radius 1 is 1.04 bits per heavy atom. The second-order valence-corrected chi connectivity index (χ2v) is 5.00. The zero-order valence-corrected chi connectivity index (χ0v) is 12.9. The fraction of sp³-hybridized carbons (Fsp3) is 0.133. The number of carbonyl (C=O) groups excluding carboxylic acids is 3. The quantitative estimate of drug-likeness (QED) is 0.737. The van der Waals surface area contributed by atoms with Crippen LogP contribution in [0.25, 0.3) is 0 Å². The summed E-state index contributed by atoms with van der Waals surface area (Å²) in [6.45, 7) is 1.48. The van der Waals surface area contributed by atoms with E-state index in [4.69, 9.17) is 16.0 Å². The fourth-order valence-electron chi connectivity index (χ4n) is 1.68. The highest BCUT2D eigenvalue weighted by atomic mass is 35.5. The minimum atomic E-state index is -0.879. The van der Waals surface area contributed by atoms with Gasteiger partial charge in [0.1, 0.15) is 6.04 Å². The first-order valence-corrected chi connectivity index (χ1v) is 7.06. The van der Waals surface area contributed by atoms with Crippen molar-refractivity contribution in [2.75, 3.05) is 0 Å². The maximum Gasteiger partial charge on any atom is 0.305 e. The Morgan fingerprint density at radius 3 is 2.43 bits per heavy atom. The molecule has 1 atom stereocenters. The minimum Gasteiger partial charge on any atom is -0.459 e. The van der Waals surface area contributed by atoms with Crippen LogP contribution in [-0.2, 0) is 4.79 Å². The highest BCUT2D eigenvalue weighted by Crippen LogP contribution is 2.14. The molecule has 0 saturated carbocycles. The summed E-state index contributed by atoms with van der Waals surface area (Å²) < 4.78 is 4.88. The highest BCUT2D eigenvalue weighted by Gasteiger charge is 2.19. The van der Waals surface area contributed by atoms with Crippen molar-refractivity contribution in [3.63, 3.8) is 0 Å². The molecule has 0 unspecified atom stereocenters. The lowest BCUT2D eigenvalue weighted by Gasteiger charge is -2.14. The molecule has 3 amide bonds. The summed E-state index contributed by atoms with van der Waals surface area (Å²) in [5, 5.41) is 2.77. The van der Waals surface area contributed by atoms with Crippen LogP contribution in [0.5, 0.6) is 0 Å². The lowest BCUT2D eigenvalue weighted by atomic mass is 10.2. The molecule has 0 bridgehead atoms. The van der Waals surface area contributed by atoms with Gasteiger partial charge in [-0.3, -0.25) is 25.2 Å². The van der Waals surface area contributed by atoms with Crippen molar-refractivity contribution in [2.45, 2.75) is 13.0 Å². The van der Waals surface area contributed by atoms with E-state index in [0.29, 0.717) is 0 Å². The largest absolute Gasteiger partial charge is 0.459 e. The Hall–Kier alpha value is -2.80. The molecule has 0 aliphatic heterocycles. The van der Waals surface area contributed by atoms with Gasteiger partial charge < -0.3 is 9.73 Å². The normalized spacial score (nSPS) is 11.4. The van der Waals surface area contributed by atoms with Gasteiger partial charge in [-0.1, -0.05) is 23.7 Å². The van der Waals surface area contributed by atoms with E-state index < -0.39 is 23.8 Å². The van der Waals surface area contributed by atoms with Gasteiger partial charge in [0.25, 0.3) is 11.8 Å². The SMILES string of the molecule is C[C@H](NC(=O)c1ccccc1Cl)C(=O)NNC(=O)c1ccco1. The predicted octanol–water partition coefficient (Wildman–Crippen LogP) is 1.51. The standard InChI is InChI=1S/C15H14ClN3O4/c1-9(17-14(21)10-5-2-3-6-11(10)16)13(20)18-19-15(22)12-7-4-8-23-12/h2-9H,1H3,(H,17,21)(H,18,20)(H,19,22)/t9-/m0/s1. The average Bonchev–Trinajstić information content (AvgIpc) is 3.07. The Morgan fingerprint density at radius 2 is 1.78 bits per heavy atom. The first-order chi connectivity index (χ1) is 11.0. The number of halogens is 1. The van der Waals surface area contributed by atoms with E-state index in [2.05, 4.69) is 16.2 Å². The van der Waals surface area contributed by atoms with E-state index >= 15 is 0 Å². The van der Waals surface area contributed by atoms with E-state index in [1.54, 1.807) is 30.3 Å². The van der Waals surface area contributed by atoms with Crippen molar-refractivity contribution in [1.82, 2.24) is 16.2 Å². The molecular weight excluding hydrogens is 322 g/mol. The van der Waals surface area contributed by atoms with Gasteiger partial charge in [0.2, 0.25) is 0 Å². The molecule has 0 saturated heterocycles. The van der Waals surface area contributed by atoms with Gasteiger partial charge >= 0.3 is 5.91 Å². The second kappa shape index (κ2) is 7.46. The molecule has 0 fully saturated rings. The Bertz CT molecular complexity index is 715. The molecule has 7 nitrogen and oxygen atoms in total. The van der Waals surface area contributed by atoms with E-state index in [1.165, 1.54) is 19.3 Å². The van der Waals surface area contributed by atoms with Crippen molar-refractivity contribution < 1.29 is 18.8 Å². The summed E-state index contributed by atoms with van der Waals surface area (Å²) in [6.07, 6.45) is 1.34. The smallest absolute Gasteiger partial charge is 0.305 e. The van der Waals surface area contributed by atoms with Crippen LogP contribution in [0.4, 0.5) is 0 Å². The van der Waals surface area contributed by atoms with Crippen LogP contribution < -0.4 is 16.2 Å². The van der Waals surface area contributed by atoms with Gasteiger partial charge in [-0.15, -0.1) is 0 Å². The van der Waals surface area contributed by atoms with Crippen molar-refractivity contribution in [3.05, 3.63) is 59.0 Å². The highest BCUT2D eigenvalue weighted by molar-refractivity contribution is 6.33. The van der Waals surface area contributed by atoms with Crippen LogP contribution in [0.15, 0.2) is 47.1 Å². The summed E-state index contributed by atoms with van der Waals surface area (Å²) in [6, 6.07) is 8.59. The van der Waals surface area contributed by atoms with Crippen LogP contribution >= 0.6 is 11.6 Å². The number of hydrogen-bond acceptors (Lipinski definition) is 4. The summed E-state index contributed by atoms with van der Waals surface area (Å²) in [5.74, 6) is -1.63. The molecule has 120 valence electrons. The van der Waals surface area contributed by atoms with E-state index in [-0.39, 0.29) is 16.3 Å². The third kappa shape index (κ3) is 4.33. The number of hydrogen-bond donors (Lipinski definition) is 3. The van der Waals surface area contributed by atoms with Gasteiger partial charge in [0.05, 0.1) is 16.8 Å². The third-order valence-electron chi connectivity index (χ3n) is 2.90. The van der Waals surface area contributed by atoms with Gasteiger partial charge in [0, 0.05) is 0 Å². The number of rotatable bonds is 4. The second-order valence-electron chi connectivity index (χ2n) is 4.60. The third-order valence-corrected chi connectivity index (χ3v) is 3.23. The molecule has 0 aliphatic rings. The Labute approximate surface area is 137 Å². The number of benzene rings is 1. The predicted molar refractivity (Wildman–Crippen MR) is 82.7 cm³/mol. The molecule has 0 aliphatic carbocycles. The Kier molecular flexibility index (Phi) is 5.37. The van der Waals surface area contributed by atoms with Crippen molar-refractivity contribution in [3.8, 4) is 0 Å². The van der Waals surface area contributed by atoms with Gasteiger partial charge in [-0.25, -0.2) is 0 Å². The number of hydrazine groups is 1. The summed E-state index contributed by atoms with van der Waals surface area (Å²) >= 11 is 5.91. The maximum atomic E-state index is 12.0. The van der Waals surface area contributed by atoms with Crippen molar-refractivity contribution in [1.29, 1.82) is 0 Å². The molecular formula is C15H14ClN3O4. The molecule has 1 aromatic heterocycles. The first-order valence-electron chi connectivity index (χ1n) is 6.68. The van der Waals surface area contributed by atoms with Crippen LogP contribution in [-0.4, -0.2) is 23.8 Å². The number of amides is 3. The summed E-state index contributed by atoms with van der Waals surface area (Å²) in [7, 11) is 0. The van der Waals surface area contributed by atoms with Gasteiger partial charge in [-0.05, 0) is 31.2 Å². The topological polar surface area (TPSA) is 100 Å². The maximum absolute atomic E-state index is 12.0. The first kappa shape index (κ1) is 16.6. The van der Waals surface area contributed by atoms with Gasteiger partial charge in [0.15, 0.2) is 5.76 Å². The minimum absolute atomic E-state index is 0.0538. The van der Waals surface area contributed by atoms with E-state index in [9.17, 15) is 14.4 Å². The summed E-state index contributed by atoms with van der Waals surface area (Å²) in [4.78, 5) is 35.5. The molecule has 3 N–H and O–H groups in total. The monoisotopic (exact) mass is 335 g/mol. The van der Waals surface area contributed by atoms with Crippen molar-refractivity contribution in [2.24, 2.45) is 0 Å². The Balaban J connectivity index is 1.86.